The zero-order valence-corrected chi connectivity index (χ0v) is 18.0. The SMILES string of the molecule is c1ccc(-c2ccc(Nc3nc(N4CCCCC4)nc(N4CCCCC4)n3)cc2)cc1. The molecule has 2 fully saturated rings. The Bertz CT molecular complexity index is 940. The highest BCUT2D eigenvalue weighted by Crippen LogP contribution is 2.25. The van der Waals surface area contributed by atoms with Gasteiger partial charge in [-0.2, -0.15) is 15.0 Å². The first kappa shape index (κ1) is 19.8. The maximum absolute atomic E-state index is 4.87. The summed E-state index contributed by atoms with van der Waals surface area (Å²) >= 11 is 0. The van der Waals surface area contributed by atoms with Crippen molar-refractivity contribution in [2.75, 3.05) is 41.3 Å². The summed E-state index contributed by atoms with van der Waals surface area (Å²) in [5.74, 6) is 2.24. The van der Waals surface area contributed by atoms with Crippen LogP contribution in [-0.2, 0) is 0 Å². The van der Waals surface area contributed by atoms with Crippen LogP contribution in [0.5, 0.6) is 0 Å². The molecule has 0 saturated carbocycles. The van der Waals surface area contributed by atoms with Gasteiger partial charge < -0.3 is 15.1 Å². The molecule has 160 valence electrons. The summed E-state index contributed by atoms with van der Waals surface area (Å²) < 4.78 is 0. The van der Waals surface area contributed by atoms with E-state index in [1.165, 1.54) is 49.7 Å². The normalized spacial score (nSPS) is 16.9. The second-order valence-electron chi connectivity index (χ2n) is 8.42. The van der Waals surface area contributed by atoms with Crippen LogP contribution in [0.15, 0.2) is 54.6 Å². The molecule has 3 heterocycles. The molecular weight excluding hydrogens is 384 g/mol. The molecule has 3 aromatic rings. The Morgan fingerprint density at radius 2 is 1.06 bits per heavy atom. The lowest BCUT2D eigenvalue weighted by Crippen LogP contribution is -2.34. The molecule has 2 aliphatic rings. The zero-order chi connectivity index (χ0) is 20.9. The Labute approximate surface area is 184 Å². The van der Waals surface area contributed by atoms with Crippen LogP contribution in [0.2, 0.25) is 0 Å². The lowest BCUT2D eigenvalue weighted by molar-refractivity contribution is 0.556. The van der Waals surface area contributed by atoms with Crippen LogP contribution < -0.4 is 15.1 Å². The molecular formula is C25H30N6. The highest BCUT2D eigenvalue weighted by molar-refractivity contribution is 5.67. The predicted octanol–water partition coefficient (Wildman–Crippen LogP) is 5.26. The van der Waals surface area contributed by atoms with Crippen molar-refractivity contribution < 1.29 is 0 Å². The lowest BCUT2D eigenvalue weighted by Gasteiger charge is -2.30. The summed E-state index contributed by atoms with van der Waals surface area (Å²) in [6.07, 6.45) is 7.39. The third kappa shape index (κ3) is 4.79. The van der Waals surface area contributed by atoms with Crippen molar-refractivity contribution in [1.29, 1.82) is 0 Å². The topological polar surface area (TPSA) is 57.2 Å². The van der Waals surface area contributed by atoms with Gasteiger partial charge in [-0.05, 0) is 61.8 Å². The molecule has 6 heteroatoms. The first-order chi connectivity index (χ1) is 15.3. The molecule has 1 aromatic heterocycles. The Morgan fingerprint density at radius 1 is 0.548 bits per heavy atom. The minimum Gasteiger partial charge on any atom is -0.341 e. The molecule has 0 unspecified atom stereocenters. The van der Waals surface area contributed by atoms with Crippen molar-refractivity contribution >= 4 is 23.5 Å². The number of piperidine rings is 2. The molecule has 0 bridgehead atoms. The van der Waals surface area contributed by atoms with Crippen LogP contribution in [0.4, 0.5) is 23.5 Å². The van der Waals surface area contributed by atoms with E-state index in [2.05, 4.69) is 63.6 Å². The van der Waals surface area contributed by atoms with Crippen LogP contribution in [0.1, 0.15) is 38.5 Å². The van der Waals surface area contributed by atoms with Crippen molar-refractivity contribution in [3.8, 4) is 11.1 Å². The highest BCUT2D eigenvalue weighted by Gasteiger charge is 2.20. The number of benzene rings is 2. The minimum absolute atomic E-state index is 0.628. The van der Waals surface area contributed by atoms with E-state index in [1.807, 2.05) is 6.07 Å². The second-order valence-corrected chi connectivity index (χ2v) is 8.42. The van der Waals surface area contributed by atoms with Crippen LogP contribution in [0.3, 0.4) is 0 Å². The smallest absolute Gasteiger partial charge is 0.233 e. The van der Waals surface area contributed by atoms with E-state index in [0.29, 0.717) is 5.95 Å². The predicted molar refractivity (Wildman–Crippen MR) is 127 cm³/mol. The molecule has 31 heavy (non-hydrogen) atoms. The van der Waals surface area contributed by atoms with E-state index in [4.69, 9.17) is 15.0 Å². The van der Waals surface area contributed by atoms with Crippen molar-refractivity contribution in [3.63, 3.8) is 0 Å². The number of anilines is 4. The van der Waals surface area contributed by atoms with E-state index in [1.54, 1.807) is 0 Å². The molecule has 0 aliphatic carbocycles. The van der Waals surface area contributed by atoms with E-state index >= 15 is 0 Å². The fourth-order valence-corrected chi connectivity index (χ4v) is 4.39. The monoisotopic (exact) mass is 414 g/mol. The van der Waals surface area contributed by atoms with Gasteiger partial charge in [-0.3, -0.25) is 0 Å². The van der Waals surface area contributed by atoms with Gasteiger partial charge in [-0.15, -0.1) is 0 Å². The molecule has 0 amide bonds. The van der Waals surface area contributed by atoms with Gasteiger partial charge >= 0.3 is 0 Å². The van der Waals surface area contributed by atoms with E-state index < -0.39 is 0 Å². The summed E-state index contributed by atoms with van der Waals surface area (Å²) in [4.78, 5) is 19.1. The summed E-state index contributed by atoms with van der Waals surface area (Å²) in [5.41, 5.74) is 3.40. The molecule has 1 N–H and O–H groups in total. The maximum Gasteiger partial charge on any atom is 0.233 e. The Balaban J connectivity index is 1.40. The molecule has 5 rings (SSSR count). The van der Waals surface area contributed by atoms with E-state index in [0.717, 1.165) is 43.8 Å². The highest BCUT2D eigenvalue weighted by atomic mass is 15.4. The van der Waals surface area contributed by atoms with Crippen LogP contribution >= 0.6 is 0 Å². The van der Waals surface area contributed by atoms with Gasteiger partial charge in [0.05, 0.1) is 0 Å². The first-order valence-electron chi connectivity index (χ1n) is 11.5. The Hall–Kier alpha value is -3.15. The third-order valence-electron chi connectivity index (χ3n) is 6.14. The Morgan fingerprint density at radius 3 is 1.61 bits per heavy atom. The minimum atomic E-state index is 0.628. The fourth-order valence-electron chi connectivity index (χ4n) is 4.39. The van der Waals surface area contributed by atoms with Gasteiger partial charge in [0.1, 0.15) is 0 Å². The summed E-state index contributed by atoms with van der Waals surface area (Å²) in [7, 11) is 0. The number of nitrogens with zero attached hydrogens (tertiary/aromatic N) is 5. The van der Waals surface area contributed by atoms with Crippen molar-refractivity contribution in [1.82, 2.24) is 15.0 Å². The van der Waals surface area contributed by atoms with Crippen molar-refractivity contribution in [3.05, 3.63) is 54.6 Å². The molecule has 0 atom stereocenters. The van der Waals surface area contributed by atoms with Crippen LogP contribution in [0, 0.1) is 0 Å². The number of hydrogen-bond donors (Lipinski definition) is 1. The molecule has 0 radical (unpaired) electrons. The number of rotatable bonds is 5. The van der Waals surface area contributed by atoms with E-state index in [-0.39, 0.29) is 0 Å². The standard InChI is InChI=1S/C25H30N6/c1-4-10-20(11-5-1)21-12-14-22(15-13-21)26-23-27-24(30-16-6-2-7-17-30)29-25(28-23)31-18-8-3-9-19-31/h1,4-5,10-15H,2-3,6-9,16-19H2,(H,26,27,28,29). The zero-order valence-electron chi connectivity index (χ0n) is 18.0. The third-order valence-corrected chi connectivity index (χ3v) is 6.14. The summed E-state index contributed by atoms with van der Waals surface area (Å²) in [6, 6.07) is 18.9. The fraction of sp³-hybridized carbons (Fsp3) is 0.400. The quantitative estimate of drug-likeness (QED) is 0.614. The average molecular weight is 415 g/mol. The molecule has 2 aliphatic heterocycles. The average Bonchev–Trinajstić information content (AvgIpc) is 2.86. The molecule has 0 spiro atoms. The summed E-state index contributed by atoms with van der Waals surface area (Å²) in [5, 5.41) is 3.43. The molecule has 6 nitrogen and oxygen atoms in total. The second kappa shape index (κ2) is 9.33. The van der Waals surface area contributed by atoms with Gasteiger partial charge in [0.15, 0.2) is 0 Å². The largest absolute Gasteiger partial charge is 0.341 e. The van der Waals surface area contributed by atoms with Crippen LogP contribution in [-0.4, -0.2) is 41.1 Å². The van der Waals surface area contributed by atoms with Gasteiger partial charge in [0.2, 0.25) is 17.8 Å². The number of nitrogens with one attached hydrogen (secondary N) is 1. The maximum atomic E-state index is 4.87. The van der Waals surface area contributed by atoms with Crippen molar-refractivity contribution in [2.45, 2.75) is 38.5 Å². The van der Waals surface area contributed by atoms with E-state index in [9.17, 15) is 0 Å². The molecule has 2 aromatic carbocycles. The number of aromatic nitrogens is 3. The van der Waals surface area contributed by atoms with Gasteiger partial charge in [-0.25, -0.2) is 0 Å². The summed E-state index contributed by atoms with van der Waals surface area (Å²) in [6.45, 7) is 4.09. The first-order valence-corrected chi connectivity index (χ1v) is 11.5. The van der Waals surface area contributed by atoms with Gasteiger partial charge in [0, 0.05) is 31.9 Å². The number of hydrogen-bond acceptors (Lipinski definition) is 6. The Kier molecular flexibility index (Phi) is 5.96. The van der Waals surface area contributed by atoms with Gasteiger partial charge in [0.25, 0.3) is 0 Å². The van der Waals surface area contributed by atoms with Crippen molar-refractivity contribution in [2.24, 2.45) is 0 Å². The van der Waals surface area contributed by atoms with Gasteiger partial charge in [-0.1, -0.05) is 42.5 Å². The van der Waals surface area contributed by atoms with Crippen LogP contribution in [0.25, 0.3) is 11.1 Å². The molecule has 2 saturated heterocycles. The lowest BCUT2D eigenvalue weighted by atomic mass is 10.1.